The van der Waals surface area contributed by atoms with Crippen LogP contribution in [0.4, 0.5) is 0 Å². The van der Waals surface area contributed by atoms with Crippen LogP contribution >= 0.6 is 0 Å². The summed E-state index contributed by atoms with van der Waals surface area (Å²) in [5, 5.41) is 2.14. The van der Waals surface area contributed by atoms with Crippen LogP contribution in [-0.4, -0.2) is 15.0 Å². The Hall–Kier alpha value is -7.43. The fraction of sp³-hybridized carbons (Fsp3) is 0.105. The average molecular weight is 784 g/mol. The molecule has 0 spiro atoms. The molecule has 2 aromatic heterocycles. The van der Waals surface area contributed by atoms with E-state index >= 15 is 0 Å². The number of hydrogen-bond acceptors (Lipinski definition) is 4. The molecule has 0 radical (unpaired) electrons. The van der Waals surface area contributed by atoms with E-state index in [1.807, 2.05) is 0 Å². The van der Waals surface area contributed by atoms with Crippen molar-refractivity contribution < 1.29 is 4.42 Å². The Morgan fingerprint density at radius 2 is 0.836 bits per heavy atom. The van der Waals surface area contributed by atoms with Crippen molar-refractivity contribution in [1.82, 2.24) is 15.0 Å². The van der Waals surface area contributed by atoms with Crippen LogP contribution in [0, 0.1) is 0 Å². The van der Waals surface area contributed by atoms with E-state index < -0.39 is 0 Å². The van der Waals surface area contributed by atoms with Gasteiger partial charge in [-0.1, -0.05) is 179 Å². The Balaban J connectivity index is 1.07. The van der Waals surface area contributed by atoms with Gasteiger partial charge in [-0.25, -0.2) is 15.0 Å². The third-order valence-electron chi connectivity index (χ3n) is 13.4. The predicted molar refractivity (Wildman–Crippen MR) is 249 cm³/mol. The minimum Gasteiger partial charge on any atom is -0.456 e. The zero-order valence-electron chi connectivity index (χ0n) is 34.5. The minimum atomic E-state index is -0.162. The second kappa shape index (κ2) is 13.0. The van der Waals surface area contributed by atoms with Gasteiger partial charge in [0.15, 0.2) is 17.5 Å². The van der Waals surface area contributed by atoms with Gasteiger partial charge >= 0.3 is 0 Å². The highest BCUT2D eigenvalue weighted by Gasteiger charge is 2.39. The second-order valence-corrected chi connectivity index (χ2v) is 17.5. The van der Waals surface area contributed by atoms with Crippen molar-refractivity contribution in [3.8, 4) is 78.7 Å². The molecule has 2 aliphatic carbocycles. The van der Waals surface area contributed by atoms with E-state index in [1.54, 1.807) is 0 Å². The highest BCUT2D eigenvalue weighted by molar-refractivity contribution is 6.13. The molecule has 8 aromatic carbocycles. The fourth-order valence-corrected chi connectivity index (χ4v) is 10.3. The van der Waals surface area contributed by atoms with Crippen LogP contribution in [0.1, 0.15) is 49.9 Å². The van der Waals surface area contributed by atoms with E-state index in [1.165, 1.54) is 55.6 Å². The standard InChI is InChI=1S/C57H41N3O/c1-56(2)44-25-10-8-20-39(44)50-42(23-13-27-46(50)56)54-58-53(59-55(60-54)43-24-14-28-47-51(43)40-21-9-11-26-45(40)57(47,3)4)37-30-31-41-49(33-37)61-48-29-15-22-38(52(41)48)36-19-12-18-35(32-36)34-16-6-5-7-17-34/h5-33H,1-4H3. The Bertz CT molecular complexity index is 3300. The lowest BCUT2D eigenvalue weighted by atomic mass is 9.82. The van der Waals surface area contributed by atoms with Crippen molar-refractivity contribution in [3.05, 3.63) is 198 Å². The average Bonchev–Trinajstić information content (AvgIpc) is 3.88. The van der Waals surface area contributed by atoms with Gasteiger partial charge in [-0.05, 0) is 91.0 Å². The molecular formula is C57H41N3O. The van der Waals surface area contributed by atoms with Gasteiger partial charge in [-0.15, -0.1) is 0 Å². The highest BCUT2D eigenvalue weighted by Crippen LogP contribution is 2.54. The van der Waals surface area contributed by atoms with E-state index in [2.05, 4.69) is 204 Å². The van der Waals surface area contributed by atoms with Crippen molar-refractivity contribution in [2.45, 2.75) is 38.5 Å². The third kappa shape index (κ3) is 5.28. The summed E-state index contributed by atoms with van der Waals surface area (Å²) in [6, 6.07) is 62.7. The van der Waals surface area contributed by atoms with Gasteiger partial charge in [-0.2, -0.15) is 0 Å². The van der Waals surface area contributed by atoms with Crippen molar-refractivity contribution in [1.29, 1.82) is 0 Å². The topological polar surface area (TPSA) is 51.8 Å². The smallest absolute Gasteiger partial charge is 0.164 e. The summed E-state index contributed by atoms with van der Waals surface area (Å²) in [6.45, 7) is 9.25. The molecule has 0 unspecified atom stereocenters. The maximum absolute atomic E-state index is 6.70. The van der Waals surface area contributed by atoms with Crippen LogP contribution in [0.2, 0.25) is 0 Å². The minimum absolute atomic E-state index is 0.162. The van der Waals surface area contributed by atoms with Gasteiger partial charge in [0, 0.05) is 38.3 Å². The number of rotatable bonds is 5. The first-order valence-corrected chi connectivity index (χ1v) is 21.1. The van der Waals surface area contributed by atoms with E-state index in [0.29, 0.717) is 17.5 Å². The molecule has 0 saturated carbocycles. The SMILES string of the molecule is CC1(C)c2ccccc2-c2c(-c3nc(-c4ccc5c(c4)oc4cccc(-c6cccc(-c7ccccc7)c6)c45)nc(-c4cccc5c4-c4ccccc4C5(C)C)n3)cccc21. The molecule has 61 heavy (non-hydrogen) atoms. The summed E-state index contributed by atoms with van der Waals surface area (Å²) in [5.74, 6) is 1.90. The predicted octanol–water partition coefficient (Wildman–Crippen LogP) is 14.7. The highest BCUT2D eigenvalue weighted by atomic mass is 16.3. The van der Waals surface area contributed by atoms with E-state index in [9.17, 15) is 0 Å². The van der Waals surface area contributed by atoms with Gasteiger partial charge in [0.25, 0.3) is 0 Å². The Morgan fingerprint density at radius 1 is 0.344 bits per heavy atom. The normalized spacial score (nSPS) is 14.2. The maximum Gasteiger partial charge on any atom is 0.164 e. The zero-order valence-corrected chi connectivity index (χ0v) is 34.5. The number of fused-ring (bicyclic) bond motifs is 9. The lowest BCUT2D eigenvalue weighted by Gasteiger charge is -2.21. The first kappa shape index (κ1) is 35.5. The van der Waals surface area contributed by atoms with Gasteiger partial charge < -0.3 is 4.42 Å². The molecule has 2 aliphatic rings. The molecule has 0 bridgehead atoms. The Kier molecular flexibility index (Phi) is 7.59. The lowest BCUT2D eigenvalue weighted by Crippen LogP contribution is -2.15. The number of benzene rings is 8. The third-order valence-corrected chi connectivity index (χ3v) is 13.4. The molecule has 0 aliphatic heterocycles. The largest absolute Gasteiger partial charge is 0.456 e. The van der Waals surface area contributed by atoms with Crippen LogP contribution in [0.15, 0.2) is 180 Å². The maximum atomic E-state index is 6.70. The van der Waals surface area contributed by atoms with Crippen LogP contribution in [0.5, 0.6) is 0 Å². The second-order valence-electron chi connectivity index (χ2n) is 17.5. The number of aromatic nitrogens is 3. The van der Waals surface area contributed by atoms with Crippen molar-refractivity contribution >= 4 is 21.9 Å². The molecule has 12 rings (SSSR count). The molecule has 4 nitrogen and oxygen atoms in total. The summed E-state index contributed by atoms with van der Waals surface area (Å²) in [4.78, 5) is 16.2. The monoisotopic (exact) mass is 783 g/mol. The molecular weight excluding hydrogens is 743 g/mol. The molecule has 0 atom stereocenters. The molecule has 0 N–H and O–H groups in total. The fourth-order valence-electron chi connectivity index (χ4n) is 10.3. The summed E-state index contributed by atoms with van der Waals surface area (Å²) >= 11 is 0. The molecule has 0 saturated heterocycles. The van der Waals surface area contributed by atoms with E-state index in [-0.39, 0.29) is 10.8 Å². The van der Waals surface area contributed by atoms with Gasteiger partial charge in [-0.3, -0.25) is 0 Å². The number of nitrogens with zero attached hydrogens (tertiary/aromatic N) is 3. The quantitative estimate of drug-likeness (QED) is 0.174. The summed E-state index contributed by atoms with van der Waals surface area (Å²) in [6.07, 6.45) is 0. The first-order chi connectivity index (χ1) is 29.8. The number of hydrogen-bond donors (Lipinski definition) is 0. The summed E-state index contributed by atoms with van der Waals surface area (Å²) in [7, 11) is 0. The molecule has 0 amide bonds. The van der Waals surface area contributed by atoms with E-state index in [4.69, 9.17) is 19.4 Å². The Labute approximate surface area is 355 Å². The molecule has 2 heterocycles. The molecule has 10 aromatic rings. The lowest BCUT2D eigenvalue weighted by molar-refractivity contribution is 0.660. The molecule has 4 heteroatoms. The van der Waals surface area contributed by atoms with Crippen molar-refractivity contribution in [3.63, 3.8) is 0 Å². The zero-order chi connectivity index (χ0) is 41.0. The first-order valence-electron chi connectivity index (χ1n) is 21.1. The van der Waals surface area contributed by atoms with Crippen molar-refractivity contribution in [2.75, 3.05) is 0 Å². The van der Waals surface area contributed by atoms with Gasteiger partial charge in [0.2, 0.25) is 0 Å². The summed E-state index contributed by atoms with van der Waals surface area (Å²) in [5.41, 5.74) is 18.8. The van der Waals surface area contributed by atoms with E-state index in [0.717, 1.165) is 49.8 Å². The number of furan rings is 1. The van der Waals surface area contributed by atoms with Crippen molar-refractivity contribution in [2.24, 2.45) is 0 Å². The summed E-state index contributed by atoms with van der Waals surface area (Å²) < 4.78 is 6.70. The van der Waals surface area contributed by atoms with Gasteiger partial charge in [0.1, 0.15) is 11.2 Å². The molecule has 290 valence electrons. The van der Waals surface area contributed by atoms with Crippen LogP contribution in [0.25, 0.3) is 101 Å². The van der Waals surface area contributed by atoms with Crippen LogP contribution < -0.4 is 0 Å². The van der Waals surface area contributed by atoms with Crippen LogP contribution in [-0.2, 0) is 10.8 Å². The van der Waals surface area contributed by atoms with Gasteiger partial charge in [0.05, 0.1) is 0 Å². The van der Waals surface area contributed by atoms with Crippen LogP contribution in [0.3, 0.4) is 0 Å². The molecule has 0 fully saturated rings. The Morgan fingerprint density at radius 3 is 1.49 bits per heavy atom.